The van der Waals surface area contributed by atoms with E-state index in [1.807, 2.05) is 6.07 Å². The highest BCUT2D eigenvalue weighted by molar-refractivity contribution is 9.10. The van der Waals surface area contributed by atoms with Gasteiger partial charge in [-0.1, -0.05) is 22.0 Å². The number of furan rings is 1. The van der Waals surface area contributed by atoms with Gasteiger partial charge in [-0.2, -0.15) is 5.10 Å². The number of halogens is 1. The SMILES string of the molecule is C/C(=N/NC(=O)CNC(=O)c1cccc(Br)c1)c1ccco1. The summed E-state index contributed by atoms with van der Waals surface area (Å²) in [6.45, 7) is 1.54. The monoisotopic (exact) mass is 363 g/mol. The van der Waals surface area contributed by atoms with Crippen LogP contribution in [-0.2, 0) is 4.79 Å². The van der Waals surface area contributed by atoms with Crippen molar-refractivity contribution in [3.05, 3.63) is 58.5 Å². The molecule has 0 bridgehead atoms. The third kappa shape index (κ3) is 4.56. The van der Waals surface area contributed by atoms with Crippen LogP contribution >= 0.6 is 15.9 Å². The molecule has 2 amide bonds. The van der Waals surface area contributed by atoms with E-state index in [1.54, 1.807) is 37.3 Å². The van der Waals surface area contributed by atoms with Crippen molar-refractivity contribution in [2.45, 2.75) is 6.92 Å². The van der Waals surface area contributed by atoms with Gasteiger partial charge in [0.2, 0.25) is 0 Å². The number of carbonyl (C=O) groups is 2. The highest BCUT2D eigenvalue weighted by Crippen LogP contribution is 2.11. The van der Waals surface area contributed by atoms with Crippen molar-refractivity contribution in [2.75, 3.05) is 6.54 Å². The fourth-order valence-electron chi connectivity index (χ4n) is 1.62. The van der Waals surface area contributed by atoms with Crippen molar-refractivity contribution in [2.24, 2.45) is 5.10 Å². The van der Waals surface area contributed by atoms with Gasteiger partial charge in [0, 0.05) is 10.0 Å². The molecule has 1 heterocycles. The smallest absolute Gasteiger partial charge is 0.259 e. The molecule has 0 radical (unpaired) electrons. The Morgan fingerprint density at radius 1 is 1.27 bits per heavy atom. The van der Waals surface area contributed by atoms with E-state index in [1.165, 1.54) is 6.26 Å². The number of nitrogens with one attached hydrogen (secondary N) is 2. The van der Waals surface area contributed by atoms with Crippen molar-refractivity contribution in [3.8, 4) is 0 Å². The number of rotatable bonds is 5. The van der Waals surface area contributed by atoms with Crippen molar-refractivity contribution >= 4 is 33.5 Å². The van der Waals surface area contributed by atoms with Crippen LogP contribution in [0.3, 0.4) is 0 Å². The molecule has 2 N–H and O–H groups in total. The van der Waals surface area contributed by atoms with Gasteiger partial charge >= 0.3 is 0 Å². The van der Waals surface area contributed by atoms with E-state index in [2.05, 4.69) is 31.8 Å². The summed E-state index contributed by atoms with van der Waals surface area (Å²) >= 11 is 3.28. The van der Waals surface area contributed by atoms with Gasteiger partial charge in [0.05, 0.1) is 12.8 Å². The predicted molar refractivity (Wildman–Crippen MR) is 85.5 cm³/mol. The normalized spacial score (nSPS) is 11.1. The van der Waals surface area contributed by atoms with E-state index in [0.29, 0.717) is 17.0 Å². The molecule has 2 rings (SSSR count). The molecule has 0 aliphatic rings. The van der Waals surface area contributed by atoms with Crippen LogP contribution in [0.25, 0.3) is 0 Å². The lowest BCUT2D eigenvalue weighted by atomic mass is 10.2. The summed E-state index contributed by atoms with van der Waals surface area (Å²) in [7, 11) is 0. The van der Waals surface area contributed by atoms with Gasteiger partial charge in [-0.15, -0.1) is 0 Å². The van der Waals surface area contributed by atoms with E-state index in [0.717, 1.165) is 4.47 Å². The van der Waals surface area contributed by atoms with Gasteiger partial charge in [-0.25, -0.2) is 5.43 Å². The van der Waals surface area contributed by atoms with Crippen LogP contribution in [0.15, 0.2) is 56.7 Å². The standard InChI is InChI=1S/C15H14BrN3O3/c1-10(13-6-3-7-22-13)18-19-14(20)9-17-15(21)11-4-2-5-12(16)8-11/h2-8H,9H2,1H3,(H,17,21)(H,19,20)/b18-10-. The number of benzene rings is 1. The molecule has 0 aliphatic carbocycles. The van der Waals surface area contributed by atoms with E-state index < -0.39 is 5.91 Å². The molecule has 0 atom stereocenters. The second-order valence-electron chi connectivity index (χ2n) is 4.40. The molecule has 6 nitrogen and oxygen atoms in total. The molecule has 0 saturated heterocycles. The average molecular weight is 364 g/mol. The fraction of sp³-hybridized carbons (Fsp3) is 0.133. The highest BCUT2D eigenvalue weighted by Gasteiger charge is 2.08. The molecule has 0 spiro atoms. The van der Waals surface area contributed by atoms with Crippen LogP contribution in [0.4, 0.5) is 0 Å². The van der Waals surface area contributed by atoms with Gasteiger partial charge in [0.15, 0.2) is 0 Å². The maximum Gasteiger partial charge on any atom is 0.259 e. The zero-order valence-corrected chi connectivity index (χ0v) is 13.4. The van der Waals surface area contributed by atoms with E-state index in [4.69, 9.17) is 4.42 Å². The lowest BCUT2D eigenvalue weighted by Gasteiger charge is -2.05. The van der Waals surface area contributed by atoms with Crippen molar-refractivity contribution in [3.63, 3.8) is 0 Å². The summed E-state index contributed by atoms with van der Waals surface area (Å²) in [5, 5.41) is 6.42. The molecule has 114 valence electrons. The van der Waals surface area contributed by atoms with Gasteiger partial charge in [0.25, 0.3) is 11.8 Å². The van der Waals surface area contributed by atoms with Crippen LogP contribution in [0.1, 0.15) is 23.0 Å². The Labute approximate surface area is 135 Å². The average Bonchev–Trinajstić information content (AvgIpc) is 3.04. The number of amides is 2. The summed E-state index contributed by atoms with van der Waals surface area (Å²) < 4.78 is 5.93. The number of carbonyl (C=O) groups excluding carboxylic acids is 2. The molecule has 0 unspecified atom stereocenters. The summed E-state index contributed by atoms with van der Waals surface area (Å²) in [5.74, 6) is -0.184. The minimum atomic E-state index is -0.422. The summed E-state index contributed by atoms with van der Waals surface area (Å²) in [6.07, 6.45) is 1.52. The highest BCUT2D eigenvalue weighted by atomic mass is 79.9. The number of hydrogen-bond acceptors (Lipinski definition) is 4. The van der Waals surface area contributed by atoms with Crippen molar-refractivity contribution in [1.82, 2.24) is 10.7 Å². The van der Waals surface area contributed by atoms with Crippen molar-refractivity contribution in [1.29, 1.82) is 0 Å². The van der Waals surface area contributed by atoms with E-state index in [-0.39, 0.29) is 12.5 Å². The van der Waals surface area contributed by atoms with Crippen LogP contribution < -0.4 is 10.7 Å². The van der Waals surface area contributed by atoms with Gasteiger partial charge in [-0.05, 0) is 37.3 Å². The Morgan fingerprint density at radius 2 is 2.09 bits per heavy atom. The van der Waals surface area contributed by atoms with E-state index in [9.17, 15) is 9.59 Å². The lowest BCUT2D eigenvalue weighted by Crippen LogP contribution is -2.35. The molecule has 0 aliphatic heterocycles. The first-order valence-electron chi connectivity index (χ1n) is 6.47. The minimum Gasteiger partial charge on any atom is -0.463 e. The molecule has 7 heteroatoms. The summed E-state index contributed by atoms with van der Waals surface area (Å²) in [6, 6.07) is 10.4. The maximum atomic E-state index is 11.9. The number of hydrazone groups is 1. The van der Waals surface area contributed by atoms with Gasteiger partial charge in [-0.3, -0.25) is 9.59 Å². The number of nitrogens with zero attached hydrogens (tertiary/aromatic N) is 1. The van der Waals surface area contributed by atoms with Crippen LogP contribution in [-0.4, -0.2) is 24.1 Å². The third-order valence-electron chi connectivity index (χ3n) is 2.72. The van der Waals surface area contributed by atoms with Crippen LogP contribution in [0, 0.1) is 0 Å². The molecule has 22 heavy (non-hydrogen) atoms. The first-order chi connectivity index (χ1) is 10.6. The second-order valence-corrected chi connectivity index (χ2v) is 5.32. The Hall–Kier alpha value is -2.41. The summed E-state index contributed by atoms with van der Waals surface area (Å²) in [5.41, 5.74) is 3.36. The van der Waals surface area contributed by atoms with Gasteiger partial charge in [0.1, 0.15) is 11.5 Å². The summed E-state index contributed by atoms with van der Waals surface area (Å²) in [4.78, 5) is 23.5. The molecule has 1 aromatic heterocycles. The third-order valence-corrected chi connectivity index (χ3v) is 3.22. The molecular weight excluding hydrogens is 350 g/mol. The first kappa shape index (κ1) is 16.0. The molecule has 1 aromatic carbocycles. The molecular formula is C15H14BrN3O3. The number of hydrogen-bond donors (Lipinski definition) is 2. The van der Waals surface area contributed by atoms with Crippen molar-refractivity contribution < 1.29 is 14.0 Å². The topological polar surface area (TPSA) is 83.7 Å². The van der Waals surface area contributed by atoms with Gasteiger partial charge < -0.3 is 9.73 Å². The largest absolute Gasteiger partial charge is 0.463 e. The minimum absolute atomic E-state index is 0.166. The van der Waals surface area contributed by atoms with E-state index >= 15 is 0 Å². The zero-order chi connectivity index (χ0) is 15.9. The predicted octanol–water partition coefficient (Wildman–Crippen LogP) is 2.31. The quantitative estimate of drug-likeness (QED) is 0.631. The van der Waals surface area contributed by atoms with Crippen LogP contribution in [0.2, 0.25) is 0 Å². The molecule has 2 aromatic rings. The maximum absolute atomic E-state index is 11.9. The molecule has 0 saturated carbocycles. The van der Waals surface area contributed by atoms with Crippen LogP contribution in [0.5, 0.6) is 0 Å². The Balaban J connectivity index is 1.83. The zero-order valence-electron chi connectivity index (χ0n) is 11.8. The Morgan fingerprint density at radius 3 is 2.77 bits per heavy atom. The first-order valence-corrected chi connectivity index (χ1v) is 7.26. The Bertz CT molecular complexity index is 696. The lowest BCUT2D eigenvalue weighted by molar-refractivity contribution is -0.120. The Kier molecular flexibility index (Phi) is 5.48. The second kappa shape index (κ2) is 7.56. The molecule has 0 fully saturated rings. The fourth-order valence-corrected chi connectivity index (χ4v) is 2.02.